The van der Waals surface area contributed by atoms with Gasteiger partial charge in [0.25, 0.3) is 0 Å². The maximum atomic E-state index is 4.51. The van der Waals surface area contributed by atoms with Gasteiger partial charge in [-0.1, -0.05) is 17.7 Å². The molecule has 6 nitrogen and oxygen atoms in total. The monoisotopic (exact) mass is 308 g/mol. The summed E-state index contributed by atoms with van der Waals surface area (Å²) in [5.74, 6) is 0.875. The molecule has 2 aromatic heterocycles. The Morgan fingerprint density at radius 1 is 1.13 bits per heavy atom. The fraction of sp³-hybridized carbons (Fsp3) is 0.353. The van der Waals surface area contributed by atoms with Crippen LogP contribution < -0.4 is 10.6 Å². The van der Waals surface area contributed by atoms with Gasteiger partial charge in [-0.2, -0.15) is 5.10 Å². The van der Waals surface area contributed by atoms with Gasteiger partial charge in [0.1, 0.15) is 12.1 Å². The zero-order chi connectivity index (χ0) is 15.6. The number of hydrogen-bond acceptors (Lipinski definition) is 5. The van der Waals surface area contributed by atoms with E-state index in [1.807, 2.05) is 10.9 Å². The van der Waals surface area contributed by atoms with Crippen LogP contribution in [0, 0.1) is 6.92 Å². The lowest BCUT2D eigenvalue weighted by Gasteiger charge is -2.24. The third kappa shape index (κ3) is 2.77. The zero-order valence-electron chi connectivity index (χ0n) is 13.2. The minimum absolute atomic E-state index is 0.456. The summed E-state index contributed by atoms with van der Waals surface area (Å²) in [5.41, 5.74) is 3.07. The number of fused-ring (bicyclic) bond motifs is 1. The largest absolute Gasteiger partial charge is 0.367 e. The van der Waals surface area contributed by atoms with E-state index in [1.165, 1.54) is 5.56 Å². The lowest BCUT2D eigenvalue weighted by atomic mass is 10.1. The number of benzene rings is 1. The lowest BCUT2D eigenvalue weighted by molar-refractivity contribution is 0.478. The molecule has 1 aromatic carbocycles. The van der Waals surface area contributed by atoms with Crippen LogP contribution in [-0.2, 0) is 0 Å². The molecule has 0 amide bonds. The number of rotatable bonds is 3. The van der Waals surface area contributed by atoms with E-state index in [0.29, 0.717) is 6.04 Å². The van der Waals surface area contributed by atoms with Crippen molar-refractivity contribution in [2.24, 2.45) is 0 Å². The van der Waals surface area contributed by atoms with E-state index in [4.69, 9.17) is 0 Å². The maximum absolute atomic E-state index is 4.51. The van der Waals surface area contributed by atoms with Gasteiger partial charge in [0, 0.05) is 6.04 Å². The van der Waals surface area contributed by atoms with Crippen molar-refractivity contribution in [2.45, 2.75) is 25.8 Å². The molecule has 1 fully saturated rings. The average molecular weight is 308 g/mol. The molecule has 118 valence electrons. The number of nitrogens with zero attached hydrogens (tertiary/aromatic N) is 4. The summed E-state index contributed by atoms with van der Waals surface area (Å²) >= 11 is 0. The van der Waals surface area contributed by atoms with Crippen LogP contribution in [0.15, 0.2) is 36.8 Å². The predicted octanol–water partition coefficient (Wildman–Crippen LogP) is 2.29. The molecule has 4 rings (SSSR count). The van der Waals surface area contributed by atoms with Gasteiger partial charge in [0.2, 0.25) is 0 Å². The van der Waals surface area contributed by atoms with Crippen molar-refractivity contribution >= 4 is 16.9 Å². The quantitative estimate of drug-likeness (QED) is 0.777. The van der Waals surface area contributed by atoms with Gasteiger partial charge in [-0.25, -0.2) is 14.6 Å². The highest BCUT2D eigenvalue weighted by molar-refractivity contribution is 5.87. The fourth-order valence-corrected chi connectivity index (χ4v) is 2.99. The third-order valence-electron chi connectivity index (χ3n) is 4.32. The van der Waals surface area contributed by atoms with Gasteiger partial charge in [0.15, 0.2) is 5.65 Å². The van der Waals surface area contributed by atoms with Crippen LogP contribution in [0.3, 0.4) is 0 Å². The van der Waals surface area contributed by atoms with E-state index in [0.717, 1.165) is 48.5 Å². The highest BCUT2D eigenvalue weighted by Crippen LogP contribution is 2.23. The first-order chi connectivity index (χ1) is 11.3. The molecule has 1 saturated heterocycles. The Balaban J connectivity index is 1.69. The number of aryl methyl sites for hydroxylation is 1. The van der Waals surface area contributed by atoms with Gasteiger partial charge in [-0.3, -0.25) is 0 Å². The summed E-state index contributed by atoms with van der Waals surface area (Å²) in [6.45, 7) is 4.18. The first kappa shape index (κ1) is 14.1. The number of aromatic nitrogens is 4. The van der Waals surface area contributed by atoms with Crippen molar-refractivity contribution in [3.05, 3.63) is 42.4 Å². The molecular formula is C17H20N6. The van der Waals surface area contributed by atoms with Crippen LogP contribution in [0.5, 0.6) is 0 Å². The third-order valence-corrected chi connectivity index (χ3v) is 4.32. The molecule has 0 unspecified atom stereocenters. The first-order valence-corrected chi connectivity index (χ1v) is 8.04. The summed E-state index contributed by atoms with van der Waals surface area (Å²) in [4.78, 5) is 8.86. The molecule has 1 aliphatic heterocycles. The normalized spacial score (nSPS) is 15.9. The van der Waals surface area contributed by atoms with Crippen LogP contribution in [0.25, 0.3) is 16.7 Å². The Morgan fingerprint density at radius 2 is 1.91 bits per heavy atom. The van der Waals surface area contributed by atoms with E-state index in [9.17, 15) is 0 Å². The van der Waals surface area contributed by atoms with Crippen LogP contribution in [0.2, 0.25) is 0 Å². The molecule has 3 aromatic rings. The first-order valence-electron chi connectivity index (χ1n) is 8.04. The second-order valence-corrected chi connectivity index (χ2v) is 6.02. The van der Waals surface area contributed by atoms with E-state index in [1.54, 1.807) is 6.33 Å². The molecule has 3 heterocycles. The molecule has 0 spiro atoms. The summed E-state index contributed by atoms with van der Waals surface area (Å²) in [7, 11) is 0. The van der Waals surface area contributed by atoms with Crippen LogP contribution >= 0.6 is 0 Å². The van der Waals surface area contributed by atoms with Gasteiger partial charge >= 0.3 is 0 Å². The smallest absolute Gasteiger partial charge is 0.168 e. The van der Waals surface area contributed by atoms with Gasteiger partial charge in [0.05, 0.1) is 17.3 Å². The Kier molecular flexibility index (Phi) is 3.67. The molecule has 6 heteroatoms. The average Bonchev–Trinajstić information content (AvgIpc) is 3.02. The fourth-order valence-electron chi connectivity index (χ4n) is 2.99. The Morgan fingerprint density at radius 3 is 2.70 bits per heavy atom. The van der Waals surface area contributed by atoms with E-state index in [2.05, 4.69) is 56.9 Å². The molecule has 23 heavy (non-hydrogen) atoms. The second kappa shape index (κ2) is 5.96. The molecule has 2 N–H and O–H groups in total. The summed E-state index contributed by atoms with van der Waals surface area (Å²) in [5, 5.41) is 12.4. The maximum Gasteiger partial charge on any atom is 0.168 e. The molecule has 1 aliphatic rings. The second-order valence-electron chi connectivity index (χ2n) is 6.02. The Labute approximate surface area is 135 Å². The topological polar surface area (TPSA) is 67.7 Å². The predicted molar refractivity (Wildman–Crippen MR) is 90.9 cm³/mol. The van der Waals surface area contributed by atoms with E-state index in [-0.39, 0.29) is 0 Å². The molecule has 0 atom stereocenters. The van der Waals surface area contributed by atoms with Crippen molar-refractivity contribution in [3.63, 3.8) is 0 Å². The van der Waals surface area contributed by atoms with Gasteiger partial charge in [-0.15, -0.1) is 0 Å². The van der Waals surface area contributed by atoms with Crippen molar-refractivity contribution < 1.29 is 0 Å². The van der Waals surface area contributed by atoms with E-state index >= 15 is 0 Å². The minimum Gasteiger partial charge on any atom is -0.367 e. The minimum atomic E-state index is 0.456. The zero-order valence-corrected chi connectivity index (χ0v) is 13.2. The molecule has 0 bridgehead atoms. The van der Waals surface area contributed by atoms with Crippen molar-refractivity contribution in [2.75, 3.05) is 18.4 Å². The highest BCUT2D eigenvalue weighted by atomic mass is 15.3. The van der Waals surface area contributed by atoms with Gasteiger partial charge < -0.3 is 10.6 Å². The number of nitrogens with one attached hydrogen (secondary N) is 2. The Hall–Kier alpha value is -2.47. The summed E-state index contributed by atoms with van der Waals surface area (Å²) in [6.07, 6.45) is 5.67. The molecular weight excluding hydrogens is 288 g/mol. The molecule has 0 radical (unpaired) electrons. The van der Waals surface area contributed by atoms with E-state index < -0.39 is 0 Å². The Bertz CT molecular complexity index is 802. The summed E-state index contributed by atoms with van der Waals surface area (Å²) in [6, 6.07) is 8.74. The number of hydrogen-bond donors (Lipinski definition) is 2. The van der Waals surface area contributed by atoms with Crippen molar-refractivity contribution in [1.82, 2.24) is 25.1 Å². The number of anilines is 1. The summed E-state index contributed by atoms with van der Waals surface area (Å²) < 4.78 is 1.87. The van der Waals surface area contributed by atoms with Crippen molar-refractivity contribution in [1.29, 1.82) is 0 Å². The SMILES string of the molecule is Cc1ccc(-n2ncc3c(NC4CCNCC4)ncnc32)cc1. The molecule has 0 aliphatic carbocycles. The van der Waals surface area contributed by atoms with Crippen LogP contribution in [-0.4, -0.2) is 38.9 Å². The van der Waals surface area contributed by atoms with Crippen LogP contribution in [0.1, 0.15) is 18.4 Å². The number of piperidine rings is 1. The molecule has 0 saturated carbocycles. The highest BCUT2D eigenvalue weighted by Gasteiger charge is 2.16. The van der Waals surface area contributed by atoms with Gasteiger partial charge in [-0.05, 0) is 45.0 Å². The lowest BCUT2D eigenvalue weighted by Crippen LogP contribution is -2.35. The standard InChI is InChI=1S/C17H20N6/c1-12-2-4-14(5-3-12)23-17-15(10-21-23)16(19-11-20-17)22-13-6-8-18-9-7-13/h2-5,10-11,13,18H,6-9H2,1H3,(H,19,20,22). The van der Waals surface area contributed by atoms with Crippen LogP contribution in [0.4, 0.5) is 5.82 Å². The van der Waals surface area contributed by atoms with Crippen molar-refractivity contribution in [3.8, 4) is 5.69 Å².